The van der Waals surface area contributed by atoms with E-state index in [0.29, 0.717) is 33.9 Å². The Labute approximate surface area is 192 Å². The van der Waals surface area contributed by atoms with Crippen molar-refractivity contribution >= 4 is 54.5 Å². The topological polar surface area (TPSA) is 115 Å². The Morgan fingerprint density at radius 2 is 2.06 bits per heavy atom. The average molecular weight is 493 g/mol. The molecular weight excluding hydrogens is 472 g/mol. The van der Waals surface area contributed by atoms with Gasteiger partial charge in [0.05, 0.1) is 15.1 Å². The van der Waals surface area contributed by atoms with E-state index in [1.165, 1.54) is 39.1 Å². The lowest BCUT2D eigenvalue weighted by Gasteiger charge is -2.29. The molecule has 2 aromatic heterocycles. The smallest absolute Gasteiger partial charge is 0.271 e. The molecule has 0 unspecified atom stereocenters. The second-order valence-electron chi connectivity index (χ2n) is 7.25. The fourth-order valence-electron chi connectivity index (χ4n) is 3.63. The van der Waals surface area contributed by atoms with E-state index in [1.807, 2.05) is 0 Å². The molecule has 1 aliphatic rings. The third kappa shape index (κ3) is 4.31. The lowest BCUT2D eigenvalue weighted by Crippen LogP contribution is -2.40. The number of thiazole rings is 1. The summed E-state index contributed by atoms with van der Waals surface area (Å²) in [4.78, 5) is 28.3. The van der Waals surface area contributed by atoms with Gasteiger partial charge in [-0.25, -0.2) is 8.42 Å². The third-order valence-electron chi connectivity index (χ3n) is 5.29. The molecule has 0 atom stereocenters. The molecule has 12 heteroatoms. The molecule has 1 fully saturated rings. The number of carbonyl (C=O) groups excluding carboxylic acids is 1. The number of carbonyl (C=O) groups is 1. The van der Waals surface area contributed by atoms with Crippen molar-refractivity contribution in [2.75, 3.05) is 13.1 Å². The maximum absolute atomic E-state index is 12.9. The molecule has 32 heavy (non-hydrogen) atoms. The van der Waals surface area contributed by atoms with Gasteiger partial charge in [0.25, 0.3) is 21.6 Å². The van der Waals surface area contributed by atoms with Crippen LogP contribution >= 0.6 is 22.7 Å². The summed E-state index contributed by atoms with van der Waals surface area (Å²) in [5, 5.41) is 12.9. The summed E-state index contributed by atoms with van der Waals surface area (Å²) in [5.41, 5.74) is 0.581. The molecular formula is C20H20N4O5S3. The molecule has 0 radical (unpaired) electrons. The highest BCUT2D eigenvalue weighted by Crippen LogP contribution is 2.27. The monoisotopic (exact) mass is 492 g/mol. The number of nitro groups is 1. The normalized spacial score (nSPS) is 16.4. The molecule has 0 saturated carbocycles. The van der Waals surface area contributed by atoms with Gasteiger partial charge in [0.2, 0.25) is 0 Å². The summed E-state index contributed by atoms with van der Waals surface area (Å²) < 4.78 is 29.6. The summed E-state index contributed by atoms with van der Waals surface area (Å²) in [6, 6.07) is 7.82. The molecule has 3 heterocycles. The van der Waals surface area contributed by atoms with Crippen LogP contribution in [0.4, 0.5) is 5.69 Å². The minimum absolute atomic E-state index is 0.0367. The number of nitrogens with zero attached hydrogens (tertiary/aromatic N) is 4. The number of thiophene rings is 1. The zero-order valence-electron chi connectivity index (χ0n) is 16.9. The molecule has 9 nitrogen and oxygen atoms in total. The Kier molecular flexibility index (Phi) is 6.38. The Bertz CT molecular complexity index is 1350. The highest BCUT2D eigenvalue weighted by molar-refractivity contribution is 7.91. The van der Waals surface area contributed by atoms with E-state index < -0.39 is 14.9 Å². The van der Waals surface area contributed by atoms with E-state index in [0.717, 1.165) is 4.70 Å². The Balaban J connectivity index is 1.57. The Morgan fingerprint density at radius 3 is 2.69 bits per heavy atom. The second kappa shape index (κ2) is 9.06. The number of rotatable bonds is 6. The summed E-state index contributed by atoms with van der Waals surface area (Å²) in [5.74, 6) is -0.682. The fraction of sp³-hybridized carbons (Fsp3) is 0.300. The number of non-ortho nitro benzene ring substituents is 1. The lowest BCUT2D eigenvalue weighted by molar-refractivity contribution is -0.384. The van der Waals surface area contributed by atoms with Crippen molar-refractivity contribution in [3.63, 3.8) is 0 Å². The quantitative estimate of drug-likeness (QED) is 0.297. The zero-order chi connectivity index (χ0) is 22.9. The Morgan fingerprint density at radius 1 is 1.31 bits per heavy atom. The largest absolute Gasteiger partial charge is 0.312 e. The van der Waals surface area contributed by atoms with Crippen LogP contribution in [0.25, 0.3) is 10.2 Å². The zero-order valence-corrected chi connectivity index (χ0v) is 19.4. The van der Waals surface area contributed by atoms with Gasteiger partial charge in [-0.3, -0.25) is 14.9 Å². The number of hydrogen-bond donors (Lipinski definition) is 0. The van der Waals surface area contributed by atoms with Crippen molar-refractivity contribution < 1.29 is 18.1 Å². The second-order valence-corrected chi connectivity index (χ2v) is 11.4. The summed E-state index contributed by atoms with van der Waals surface area (Å²) in [6.07, 6.45) is 2.43. The number of benzene rings is 1. The van der Waals surface area contributed by atoms with Gasteiger partial charge in [0.1, 0.15) is 4.21 Å². The standard InChI is InChI=1S/C20H20N4O5S3/c1-2-9-23-16-13-15(24(26)27)5-6-17(16)31-20(23)21-19(25)14-7-10-22(11-8-14)32(28,29)18-4-3-12-30-18/h2-6,12-14H,1,7-11H2. The van der Waals surface area contributed by atoms with Gasteiger partial charge in [0, 0.05) is 37.7 Å². The fourth-order valence-corrected chi connectivity index (χ4v) is 7.27. The maximum atomic E-state index is 12.9. The summed E-state index contributed by atoms with van der Waals surface area (Å²) in [7, 11) is -3.53. The first kappa shape index (κ1) is 22.5. The highest BCUT2D eigenvalue weighted by Gasteiger charge is 2.32. The van der Waals surface area contributed by atoms with Crippen LogP contribution in [0.15, 0.2) is 57.6 Å². The number of fused-ring (bicyclic) bond motifs is 1. The van der Waals surface area contributed by atoms with Crippen molar-refractivity contribution in [2.24, 2.45) is 10.9 Å². The van der Waals surface area contributed by atoms with Crippen LogP contribution in [0.5, 0.6) is 0 Å². The lowest BCUT2D eigenvalue weighted by atomic mass is 9.98. The average Bonchev–Trinajstić information content (AvgIpc) is 3.43. The molecule has 1 aromatic carbocycles. The minimum Gasteiger partial charge on any atom is -0.312 e. The van der Waals surface area contributed by atoms with E-state index in [-0.39, 0.29) is 30.6 Å². The predicted molar refractivity (Wildman–Crippen MR) is 123 cm³/mol. The number of sulfonamides is 1. The number of nitro benzene ring substituents is 1. The number of allylic oxidation sites excluding steroid dienone is 1. The van der Waals surface area contributed by atoms with E-state index in [2.05, 4.69) is 11.6 Å². The first-order valence-electron chi connectivity index (χ1n) is 9.82. The van der Waals surface area contributed by atoms with Crippen LogP contribution in [0.3, 0.4) is 0 Å². The van der Waals surface area contributed by atoms with E-state index in [1.54, 1.807) is 34.2 Å². The van der Waals surface area contributed by atoms with Crippen LogP contribution in [0, 0.1) is 16.0 Å². The minimum atomic E-state index is -3.53. The van der Waals surface area contributed by atoms with Gasteiger partial charge in [-0.15, -0.1) is 17.9 Å². The molecule has 4 rings (SSSR count). The molecule has 0 N–H and O–H groups in total. The van der Waals surface area contributed by atoms with Gasteiger partial charge >= 0.3 is 0 Å². The molecule has 3 aromatic rings. The molecule has 0 bridgehead atoms. The van der Waals surface area contributed by atoms with E-state index in [9.17, 15) is 23.3 Å². The van der Waals surface area contributed by atoms with Crippen molar-refractivity contribution in [2.45, 2.75) is 23.6 Å². The first-order chi connectivity index (χ1) is 15.3. The molecule has 1 aliphatic heterocycles. The van der Waals surface area contributed by atoms with Crippen LogP contribution in [0.1, 0.15) is 12.8 Å². The van der Waals surface area contributed by atoms with Crippen LogP contribution in [-0.2, 0) is 21.4 Å². The predicted octanol–water partition coefficient (Wildman–Crippen LogP) is 3.39. The number of aromatic nitrogens is 1. The highest BCUT2D eigenvalue weighted by atomic mass is 32.2. The first-order valence-corrected chi connectivity index (χ1v) is 13.0. The van der Waals surface area contributed by atoms with E-state index >= 15 is 0 Å². The number of piperidine rings is 1. The summed E-state index contributed by atoms with van der Waals surface area (Å²) in [6.45, 7) is 4.60. The van der Waals surface area contributed by atoms with Crippen molar-refractivity contribution in [1.82, 2.24) is 8.87 Å². The van der Waals surface area contributed by atoms with Crippen LogP contribution in [-0.4, -0.2) is 41.2 Å². The molecule has 1 saturated heterocycles. The maximum Gasteiger partial charge on any atom is 0.271 e. The van der Waals surface area contributed by atoms with Crippen molar-refractivity contribution in [1.29, 1.82) is 0 Å². The Hall–Kier alpha value is -2.67. The molecule has 0 spiro atoms. The van der Waals surface area contributed by atoms with Gasteiger partial charge < -0.3 is 4.57 Å². The van der Waals surface area contributed by atoms with Crippen molar-refractivity contribution in [3.8, 4) is 0 Å². The number of hydrogen-bond acceptors (Lipinski definition) is 7. The van der Waals surface area contributed by atoms with Crippen LogP contribution < -0.4 is 4.80 Å². The summed E-state index contributed by atoms with van der Waals surface area (Å²) >= 11 is 2.46. The molecule has 168 valence electrons. The van der Waals surface area contributed by atoms with E-state index in [4.69, 9.17) is 0 Å². The number of amides is 1. The SMILES string of the molecule is C=CCn1c(=NC(=O)C2CCN(S(=O)(=O)c3cccs3)CC2)sc2ccc([N+](=O)[O-])cc21. The van der Waals surface area contributed by atoms with Crippen molar-refractivity contribution in [3.05, 3.63) is 63.3 Å². The molecule has 1 amide bonds. The molecule has 0 aliphatic carbocycles. The third-order valence-corrected chi connectivity index (χ3v) is 9.62. The van der Waals surface area contributed by atoms with Gasteiger partial charge in [-0.1, -0.05) is 23.5 Å². The van der Waals surface area contributed by atoms with Crippen LogP contribution in [0.2, 0.25) is 0 Å². The van der Waals surface area contributed by atoms with Gasteiger partial charge in [-0.05, 0) is 30.4 Å². The van der Waals surface area contributed by atoms with Gasteiger partial charge in [0.15, 0.2) is 4.80 Å². The van der Waals surface area contributed by atoms with Gasteiger partial charge in [-0.2, -0.15) is 9.30 Å².